The molecule has 0 radical (unpaired) electrons. The summed E-state index contributed by atoms with van der Waals surface area (Å²) in [6, 6.07) is 3.26. The monoisotopic (exact) mass is 483 g/mol. The molecule has 1 aromatic carbocycles. The molecule has 1 atom stereocenters. The number of H-pyrrole nitrogens is 1. The number of ether oxygens (including phenoxy) is 2. The molecular weight excluding hydrogens is 458 g/mol. The van der Waals surface area contributed by atoms with Gasteiger partial charge in [-0.1, -0.05) is 0 Å². The third-order valence-electron chi connectivity index (χ3n) is 5.70. The van der Waals surface area contributed by atoms with Crippen molar-refractivity contribution in [2.75, 3.05) is 19.5 Å². The normalized spacial score (nSPS) is 14.2. The average Bonchev–Trinajstić information content (AvgIpc) is 3.29. The standard InChI is InChI=1S/C24H25N3O8/c1-11-18(10-15-14-9-13(23(31)32)5-6-16(14)26-21(15)29)25-12(2)20(11)22(30)27-17(24(33)35-4)7-8-19(28)34-3/h5-6,9-10,17,25H,7-8H2,1-4H3,(H,26,29)(H,27,30)(H,31,32)/b15-10-/t17-/m0/s1. The lowest BCUT2D eigenvalue weighted by molar-refractivity contribution is -0.144. The van der Waals surface area contributed by atoms with Crippen molar-refractivity contribution in [3.05, 3.63) is 51.8 Å². The molecule has 0 saturated heterocycles. The maximum Gasteiger partial charge on any atom is 0.335 e. The Bertz CT molecular complexity index is 1260. The van der Waals surface area contributed by atoms with Crippen LogP contribution in [-0.4, -0.2) is 60.1 Å². The number of aromatic nitrogens is 1. The van der Waals surface area contributed by atoms with Gasteiger partial charge in [-0.3, -0.25) is 14.4 Å². The highest BCUT2D eigenvalue weighted by Crippen LogP contribution is 2.34. The zero-order valence-corrected chi connectivity index (χ0v) is 19.6. The van der Waals surface area contributed by atoms with Gasteiger partial charge in [-0.05, 0) is 50.1 Å². The number of aryl methyl sites for hydroxylation is 1. The van der Waals surface area contributed by atoms with Gasteiger partial charge in [-0.15, -0.1) is 0 Å². The van der Waals surface area contributed by atoms with Gasteiger partial charge in [-0.25, -0.2) is 9.59 Å². The van der Waals surface area contributed by atoms with E-state index in [-0.39, 0.29) is 29.5 Å². The van der Waals surface area contributed by atoms with E-state index < -0.39 is 35.8 Å². The van der Waals surface area contributed by atoms with Crippen LogP contribution in [-0.2, 0) is 23.9 Å². The number of amides is 2. The molecule has 11 heteroatoms. The Kier molecular flexibility index (Phi) is 7.38. The summed E-state index contributed by atoms with van der Waals surface area (Å²) >= 11 is 0. The van der Waals surface area contributed by atoms with E-state index in [0.29, 0.717) is 28.2 Å². The molecule has 11 nitrogen and oxygen atoms in total. The summed E-state index contributed by atoms with van der Waals surface area (Å²) in [6.45, 7) is 3.34. The van der Waals surface area contributed by atoms with Crippen molar-refractivity contribution in [3.63, 3.8) is 0 Å². The van der Waals surface area contributed by atoms with E-state index in [0.717, 1.165) is 0 Å². The topological polar surface area (TPSA) is 164 Å². The van der Waals surface area contributed by atoms with Crippen LogP contribution in [0.15, 0.2) is 18.2 Å². The molecule has 0 aliphatic carbocycles. The Morgan fingerprint density at radius 2 is 1.86 bits per heavy atom. The van der Waals surface area contributed by atoms with E-state index in [1.807, 2.05) is 0 Å². The van der Waals surface area contributed by atoms with Gasteiger partial charge in [0.25, 0.3) is 11.8 Å². The highest BCUT2D eigenvalue weighted by atomic mass is 16.5. The Morgan fingerprint density at radius 3 is 2.49 bits per heavy atom. The number of rotatable bonds is 8. The first-order valence-electron chi connectivity index (χ1n) is 10.6. The van der Waals surface area contributed by atoms with Gasteiger partial charge in [0.15, 0.2) is 0 Å². The maximum atomic E-state index is 13.0. The second-order valence-corrected chi connectivity index (χ2v) is 7.91. The Labute approximate surface area is 200 Å². The van der Waals surface area contributed by atoms with Crippen molar-refractivity contribution in [1.82, 2.24) is 10.3 Å². The second kappa shape index (κ2) is 10.2. The highest BCUT2D eigenvalue weighted by molar-refractivity contribution is 6.35. The van der Waals surface area contributed by atoms with Crippen LogP contribution >= 0.6 is 0 Å². The van der Waals surface area contributed by atoms with Gasteiger partial charge in [0.05, 0.1) is 30.9 Å². The molecule has 0 unspecified atom stereocenters. The lowest BCUT2D eigenvalue weighted by atomic mass is 10.0. The van der Waals surface area contributed by atoms with Gasteiger partial charge in [0.2, 0.25) is 0 Å². The fraction of sp³-hybridized carbons (Fsp3) is 0.292. The van der Waals surface area contributed by atoms with Crippen LogP contribution in [0.2, 0.25) is 0 Å². The number of aromatic carboxylic acids is 1. The van der Waals surface area contributed by atoms with Gasteiger partial charge in [-0.2, -0.15) is 0 Å². The molecule has 4 N–H and O–H groups in total. The van der Waals surface area contributed by atoms with Crippen molar-refractivity contribution >= 4 is 47.1 Å². The predicted molar refractivity (Wildman–Crippen MR) is 125 cm³/mol. The van der Waals surface area contributed by atoms with Crippen LogP contribution in [0, 0.1) is 13.8 Å². The first-order valence-corrected chi connectivity index (χ1v) is 10.6. The van der Waals surface area contributed by atoms with Crippen molar-refractivity contribution < 1.29 is 38.6 Å². The van der Waals surface area contributed by atoms with Crippen molar-refractivity contribution in [2.45, 2.75) is 32.7 Å². The minimum atomic E-state index is -1.12. The van der Waals surface area contributed by atoms with Crippen LogP contribution < -0.4 is 10.6 Å². The number of hydrogen-bond donors (Lipinski definition) is 4. The molecule has 184 valence electrons. The molecule has 0 bridgehead atoms. The Morgan fingerprint density at radius 1 is 1.14 bits per heavy atom. The van der Waals surface area contributed by atoms with Crippen LogP contribution in [0.4, 0.5) is 5.69 Å². The SMILES string of the molecule is COC(=O)CC[C@H](NC(=O)c1c(C)[nH]c(/C=C2\C(=O)Nc3ccc(C(=O)O)cc32)c1C)C(=O)OC. The van der Waals surface area contributed by atoms with E-state index in [9.17, 15) is 29.1 Å². The minimum Gasteiger partial charge on any atom is -0.478 e. The number of nitrogens with one attached hydrogen (secondary N) is 3. The van der Waals surface area contributed by atoms with Crippen molar-refractivity contribution in [1.29, 1.82) is 0 Å². The number of fused-ring (bicyclic) bond motifs is 1. The molecule has 1 aliphatic heterocycles. The van der Waals surface area contributed by atoms with Crippen molar-refractivity contribution in [3.8, 4) is 0 Å². The number of benzene rings is 1. The highest BCUT2D eigenvalue weighted by Gasteiger charge is 2.28. The number of hydrogen-bond acceptors (Lipinski definition) is 7. The van der Waals surface area contributed by atoms with E-state index in [1.54, 1.807) is 19.9 Å². The predicted octanol–water partition coefficient (Wildman–Crippen LogP) is 2.05. The minimum absolute atomic E-state index is 0.00657. The summed E-state index contributed by atoms with van der Waals surface area (Å²) in [5, 5.41) is 14.6. The zero-order valence-electron chi connectivity index (χ0n) is 19.6. The molecule has 0 saturated carbocycles. The van der Waals surface area contributed by atoms with E-state index in [2.05, 4.69) is 20.4 Å². The van der Waals surface area contributed by atoms with Crippen LogP contribution in [0.3, 0.4) is 0 Å². The number of esters is 2. The lowest BCUT2D eigenvalue weighted by Gasteiger charge is -2.16. The quantitative estimate of drug-likeness (QED) is 0.327. The summed E-state index contributed by atoms with van der Waals surface area (Å²) < 4.78 is 9.31. The molecule has 2 amide bonds. The molecule has 1 aliphatic rings. The average molecular weight is 483 g/mol. The van der Waals surface area contributed by atoms with Crippen LogP contribution in [0.1, 0.15) is 56.1 Å². The summed E-state index contributed by atoms with van der Waals surface area (Å²) in [4.78, 5) is 63.6. The smallest absolute Gasteiger partial charge is 0.335 e. The van der Waals surface area contributed by atoms with E-state index >= 15 is 0 Å². The van der Waals surface area contributed by atoms with Crippen LogP contribution in [0.5, 0.6) is 0 Å². The molecule has 2 heterocycles. The molecule has 35 heavy (non-hydrogen) atoms. The number of carbonyl (C=O) groups is 5. The number of carboxylic acid groups (broad SMARTS) is 1. The number of carboxylic acids is 1. The molecule has 2 aromatic rings. The third kappa shape index (κ3) is 5.24. The lowest BCUT2D eigenvalue weighted by Crippen LogP contribution is -2.42. The van der Waals surface area contributed by atoms with Crippen LogP contribution in [0.25, 0.3) is 11.6 Å². The Balaban J connectivity index is 1.91. The van der Waals surface area contributed by atoms with E-state index in [1.165, 1.54) is 32.4 Å². The molecule has 1 aromatic heterocycles. The fourth-order valence-corrected chi connectivity index (χ4v) is 3.85. The molecule has 0 fully saturated rings. The second-order valence-electron chi connectivity index (χ2n) is 7.91. The maximum absolute atomic E-state index is 13.0. The number of methoxy groups -OCH3 is 2. The third-order valence-corrected chi connectivity index (χ3v) is 5.70. The zero-order chi connectivity index (χ0) is 25.9. The summed E-state index contributed by atoms with van der Waals surface area (Å²) in [5.74, 6) is -3.33. The summed E-state index contributed by atoms with van der Waals surface area (Å²) in [5.41, 5.74) is 2.92. The Hall–Kier alpha value is -4.41. The largest absolute Gasteiger partial charge is 0.478 e. The first kappa shape index (κ1) is 25.2. The molecular formula is C24H25N3O8. The van der Waals surface area contributed by atoms with Crippen molar-refractivity contribution in [2.24, 2.45) is 0 Å². The number of aromatic amines is 1. The number of carbonyl (C=O) groups excluding carboxylic acids is 4. The van der Waals surface area contributed by atoms with Gasteiger partial charge in [0.1, 0.15) is 6.04 Å². The fourth-order valence-electron chi connectivity index (χ4n) is 3.85. The first-order chi connectivity index (χ1) is 16.6. The summed E-state index contributed by atoms with van der Waals surface area (Å²) in [7, 11) is 2.40. The van der Waals surface area contributed by atoms with Gasteiger partial charge in [0, 0.05) is 29.1 Å². The van der Waals surface area contributed by atoms with E-state index in [4.69, 9.17) is 4.74 Å². The summed E-state index contributed by atoms with van der Waals surface area (Å²) in [6.07, 6.45) is 1.44. The molecule has 0 spiro atoms. The number of anilines is 1. The molecule has 3 rings (SSSR count). The van der Waals surface area contributed by atoms with Gasteiger partial charge >= 0.3 is 17.9 Å². The van der Waals surface area contributed by atoms with Gasteiger partial charge < -0.3 is 30.2 Å².